The summed E-state index contributed by atoms with van der Waals surface area (Å²) >= 11 is 3.35. The van der Waals surface area contributed by atoms with E-state index >= 15 is 0 Å². The van der Waals surface area contributed by atoms with Gasteiger partial charge in [-0.05, 0) is 23.2 Å². The molecule has 1 aliphatic heterocycles. The molecule has 1 unspecified atom stereocenters. The van der Waals surface area contributed by atoms with Crippen LogP contribution in [0.15, 0.2) is 53.0 Å². The van der Waals surface area contributed by atoms with E-state index in [4.69, 9.17) is 4.84 Å². The first-order chi connectivity index (χ1) is 7.93. The second-order valence-corrected chi connectivity index (χ2v) is 5.34. The summed E-state index contributed by atoms with van der Waals surface area (Å²) < 4.78 is 0. The van der Waals surface area contributed by atoms with Crippen LogP contribution in [0.25, 0.3) is 0 Å². The molecule has 1 aromatic heterocycles. The van der Waals surface area contributed by atoms with E-state index in [2.05, 4.69) is 23.4 Å². The molecule has 0 saturated heterocycles. The monoisotopic (exact) mass is 247 g/mol. The van der Waals surface area contributed by atoms with Gasteiger partial charge in [-0.1, -0.05) is 41.6 Å². The summed E-state index contributed by atoms with van der Waals surface area (Å²) in [5.74, 6) is 0. The molecular weight excluding hydrogens is 238 g/mol. The molecule has 2 aromatic rings. The van der Waals surface area contributed by atoms with Crippen LogP contribution in [0.1, 0.15) is 15.9 Å². The van der Waals surface area contributed by atoms with E-state index in [1.165, 1.54) is 4.88 Å². The van der Waals surface area contributed by atoms with E-state index in [9.17, 15) is 0 Å². The minimum Gasteiger partial charge on any atom is -0.375 e. The molecule has 0 spiro atoms. The Morgan fingerprint density at radius 3 is 2.69 bits per heavy atom. The average Bonchev–Trinajstić information content (AvgIpc) is 3.01. The summed E-state index contributed by atoms with van der Waals surface area (Å²) in [5, 5.41) is 7.15. The first kappa shape index (κ1) is 9.93. The zero-order valence-corrected chi connectivity index (χ0v) is 10.0. The molecule has 2 heterocycles. The second kappa shape index (κ2) is 4.31. The van der Waals surface area contributed by atoms with E-state index in [-0.39, 0.29) is 5.44 Å². The maximum Gasteiger partial charge on any atom is 0.204 e. The van der Waals surface area contributed by atoms with Crippen LogP contribution in [0, 0.1) is 0 Å². The van der Waals surface area contributed by atoms with E-state index in [1.54, 1.807) is 23.1 Å². The molecule has 80 valence electrons. The molecule has 4 heteroatoms. The Bertz CT molecular complexity index is 493. The molecule has 0 saturated carbocycles. The third-order valence-corrected chi connectivity index (χ3v) is 4.35. The Hall–Kier alpha value is -1.26. The molecule has 1 aliphatic rings. The Morgan fingerprint density at radius 2 is 1.94 bits per heavy atom. The third kappa shape index (κ3) is 1.86. The minimum absolute atomic E-state index is 0.00157. The first-order valence-corrected chi connectivity index (χ1v) is 6.69. The summed E-state index contributed by atoms with van der Waals surface area (Å²) in [7, 11) is 0. The maximum absolute atomic E-state index is 5.43. The van der Waals surface area contributed by atoms with E-state index < -0.39 is 0 Å². The van der Waals surface area contributed by atoms with Crippen molar-refractivity contribution in [1.29, 1.82) is 0 Å². The van der Waals surface area contributed by atoms with Crippen LogP contribution in [-0.4, -0.2) is 5.04 Å². The Kier molecular flexibility index (Phi) is 2.68. The second-order valence-electron chi connectivity index (χ2n) is 3.34. The third-order valence-electron chi connectivity index (χ3n) is 2.25. The van der Waals surface area contributed by atoms with Crippen LogP contribution in [0.3, 0.4) is 0 Å². The van der Waals surface area contributed by atoms with Gasteiger partial charge >= 0.3 is 0 Å². The van der Waals surface area contributed by atoms with Crippen molar-refractivity contribution in [3.05, 3.63) is 58.3 Å². The highest BCUT2D eigenvalue weighted by molar-refractivity contribution is 8.14. The quantitative estimate of drug-likeness (QED) is 0.803. The fraction of sp³-hybridized carbons (Fsp3) is 0.0833. The summed E-state index contributed by atoms with van der Waals surface area (Å²) in [5.41, 5.74) is 1.15. The number of benzene rings is 1. The summed E-state index contributed by atoms with van der Waals surface area (Å²) in [6, 6.07) is 14.2. The van der Waals surface area contributed by atoms with Gasteiger partial charge in [-0.2, -0.15) is 0 Å². The standard InChI is InChI=1S/C12H9NOS2/c1-2-5-9(6-3-1)12-14-13-11(16-12)10-7-4-8-15-10/h1-8,12H. The van der Waals surface area contributed by atoms with Crippen molar-refractivity contribution >= 4 is 28.1 Å². The molecule has 16 heavy (non-hydrogen) atoms. The van der Waals surface area contributed by atoms with Crippen molar-refractivity contribution in [1.82, 2.24) is 0 Å². The molecule has 1 atom stereocenters. The van der Waals surface area contributed by atoms with Crippen molar-refractivity contribution < 1.29 is 4.84 Å². The lowest BCUT2D eigenvalue weighted by Crippen LogP contribution is -1.91. The van der Waals surface area contributed by atoms with Gasteiger partial charge in [0, 0.05) is 5.56 Å². The predicted molar refractivity (Wildman–Crippen MR) is 68.7 cm³/mol. The molecule has 2 nitrogen and oxygen atoms in total. The fourth-order valence-electron chi connectivity index (χ4n) is 1.48. The van der Waals surface area contributed by atoms with Crippen LogP contribution in [0.5, 0.6) is 0 Å². The normalized spacial score (nSPS) is 19.2. The maximum atomic E-state index is 5.43. The molecule has 0 fully saturated rings. The number of thiophene rings is 1. The van der Waals surface area contributed by atoms with Gasteiger partial charge in [0.2, 0.25) is 5.44 Å². The van der Waals surface area contributed by atoms with Crippen molar-refractivity contribution in [2.45, 2.75) is 5.44 Å². The highest BCUT2D eigenvalue weighted by Gasteiger charge is 2.24. The van der Waals surface area contributed by atoms with E-state index in [0.29, 0.717) is 0 Å². The molecule has 0 radical (unpaired) electrons. The lowest BCUT2D eigenvalue weighted by atomic mass is 10.2. The smallest absolute Gasteiger partial charge is 0.204 e. The molecule has 0 amide bonds. The summed E-state index contributed by atoms with van der Waals surface area (Å²) in [6.07, 6.45) is 0. The number of thioether (sulfide) groups is 1. The van der Waals surface area contributed by atoms with E-state index in [0.717, 1.165) is 10.6 Å². The summed E-state index contributed by atoms with van der Waals surface area (Å²) in [6.45, 7) is 0. The van der Waals surface area contributed by atoms with Crippen molar-refractivity contribution in [2.24, 2.45) is 5.16 Å². The largest absolute Gasteiger partial charge is 0.375 e. The summed E-state index contributed by atoms with van der Waals surface area (Å²) in [4.78, 5) is 6.60. The molecule has 0 aliphatic carbocycles. The van der Waals surface area contributed by atoms with Gasteiger partial charge in [-0.3, -0.25) is 0 Å². The number of oxime groups is 1. The first-order valence-electron chi connectivity index (χ1n) is 4.93. The lowest BCUT2D eigenvalue weighted by Gasteiger charge is -2.06. The zero-order chi connectivity index (χ0) is 10.8. The Morgan fingerprint density at radius 1 is 1.06 bits per heavy atom. The number of hydrogen-bond donors (Lipinski definition) is 0. The van der Waals surface area contributed by atoms with Gasteiger partial charge < -0.3 is 4.84 Å². The molecule has 3 rings (SSSR count). The Labute approximate surface area is 102 Å². The van der Waals surface area contributed by atoms with Crippen LogP contribution in [0.2, 0.25) is 0 Å². The molecular formula is C12H9NOS2. The van der Waals surface area contributed by atoms with Gasteiger partial charge in [-0.25, -0.2) is 0 Å². The highest BCUT2D eigenvalue weighted by Crippen LogP contribution is 2.39. The predicted octanol–water partition coefficient (Wildman–Crippen LogP) is 3.87. The average molecular weight is 247 g/mol. The number of nitrogens with zero attached hydrogens (tertiary/aromatic N) is 1. The molecule has 1 aromatic carbocycles. The molecule has 0 bridgehead atoms. The minimum atomic E-state index is -0.00157. The van der Waals surface area contributed by atoms with Crippen molar-refractivity contribution in [2.75, 3.05) is 0 Å². The van der Waals surface area contributed by atoms with Crippen LogP contribution in [0.4, 0.5) is 0 Å². The van der Waals surface area contributed by atoms with Crippen LogP contribution >= 0.6 is 23.1 Å². The van der Waals surface area contributed by atoms with Gasteiger partial charge in [0.25, 0.3) is 0 Å². The van der Waals surface area contributed by atoms with Crippen molar-refractivity contribution in [3.8, 4) is 0 Å². The van der Waals surface area contributed by atoms with Gasteiger partial charge in [-0.15, -0.1) is 11.3 Å². The number of rotatable bonds is 2. The van der Waals surface area contributed by atoms with Gasteiger partial charge in [0.1, 0.15) is 0 Å². The molecule has 0 N–H and O–H groups in total. The fourth-order valence-corrected chi connectivity index (χ4v) is 3.22. The lowest BCUT2D eigenvalue weighted by molar-refractivity contribution is 0.131. The highest BCUT2D eigenvalue weighted by atomic mass is 32.2. The van der Waals surface area contributed by atoms with Gasteiger partial charge in [0.05, 0.1) is 4.88 Å². The van der Waals surface area contributed by atoms with Crippen molar-refractivity contribution in [3.63, 3.8) is 0 Å². The van der Waals surface area contributed by atoms with Crippen LogP contribution < -0.4 is 0 Å². The Balaban J connectivity index is 1.78. The number of hydrogen-bond acceptors (Lipinski definition) is 4. The van der Waals surface area contributed by atoms with Gasteiger partial charge in [0.15, 0.2) is 5.04 Å². The topological polar surface area (TPSA) is 21.6 Å². The SMILES string of the molecule is c1ccc(C2ON=C(c3cccs3)S2)cc1. The van der Waals surface area contributed by atoms with Crippen LogP contribution in [-0.2, 0) is 4.84 Å². The van der Waals surface area contributed by atoms with E-state index in [1.807, 2.05) is 29.6 Å². The zero-order valence-electron chi connectivity index (χ0n) is 8.37.